The van der Waals surface area contributed by atoms with Crippen molar-refractivity contribution in [2.75, 3.05) is 27.7 Å². The summed E-state index contributed by atoms with van der Waals surface area (Å²) in [6.07, 6.45) is 0.129. The van der Waals surface area contributed by atoms with Crippen LogP contribution < -0.4 is 4.74 Å². The van der Waals surface area contributed by atoms with Gasteiger partial charge in [0.05, 0.1) is 13.2 Å². The first-order valence-electron chi connectivity index (χ1n) is 5.18. The van der Waals surface area contributed by atoms with Crippen LogP contribution in [0.1, 0.15) is 5.56 Å². The molecule has 0 amide bonds. The molecule has 0 saturated carbocycles. The Hall–Kier alpha value is -0.770. The van der Waals surface area contributed by atoms with Crippen LogP contribution >= 0.6 is 11.6 Å². The minimum Gasteiger partial charge on any atom is -0.496 e. The highest BCUT2D eigenvalue weighted by atomic mass is 35.5. The number of rotatable bonds is 5. The summed E-state index contributed by atoms with van der Waals surface area (Å²) >= 11 is 5.92. The fraction of sp³-hybridized carbons (Fsp3) is 0.500. The average Bonchev–Trinajstić information content (AvgIpc) is 2.16. The van der Waals surface area contributed by atoms with Crippen molar-refractivity contribution in [1.82, 2.24) is 4.90 Å². The first kappa shape index (κ1) is 13.3. The predicted octanol–water partition coefficient (Wildman–Crippen LogP) is 1.81. The van der Waals surface area contributed by atoms with Crippen molar-refractivity contribution in [3.63, 3.8) is 0 Å². The Balaban J connectivity index is 2.74. The van der Waals surface area contributed by atoms with E-state index < -0.39 is 6.10 Å². The normalized spacial score (nSPS) is 12.9. The highest BCUT2D eigenvalue weighted by molar-refractivity contribution is 6.30. The number of hydrogen-bond donors (Lipinski definition) is 1. The van der Waals surface area contributed by atoms with Gasteiger partial charge in [0, 0.05) is 18.0 Å². The maximum Gasteiger partial charge on any atom is 0.122 e. The maximum atomic E-state index is 9.84. The lowest BCUT2D eigenvalue weighted by Gasteiger charge is -2.17. The zero-order chi connectivity index (χ0) is 12.1. The Bertz CT molecular complexity index is 342. The second kappa shape index (κ2) is 6.09. The van der Waals surface area contributed by atoms with Gasteiger partial charge in [-0.2, -0.15) is 0 Å². The number of benzene rings is 1. The molecule has 0 aliphatic carbocycles. The molecular formula is C12H18ClNO2. The summed E-state index contributed by atoms with van der Waals surface area (Å²) in [5, 5.41) is 10.5. The van der Waals surface area contributed by atoms with E-state index in [1.807, 2.05) is 31.1 Å². The number of aliphatic hydroxyl groups excluding tert-OH is 1. The van der Waals surface area contributed by atoms with Crippen LogP contribution in [0.5, 0.6) is 5.75 Å². The number of ether oxygens (including phenoxy) is 1. The SMILES string of the molecule is COc1ccc(Cl)cc1CC(O)CN(C)C. The number of hydrogen-bond acceptors (Lipinski definition) is 3. The van der Waals surface area contributed by atoms with Gasteiger partial charge < -0.3 is 14.7 Å². The summed E-state index contributed by atoms with van der Waals surface area (Å²) in [7, 11) is 5.47. The summed E-state index contributed by atoms with van der Waals surface area (Å²) in [6, 6.07) is 5.43. The second-order valence-electron chi connectivity index (χ2n) is 4.08. The summed E-state index contributed by atoms with van der Waals surface area (Å²) in [4.78, 5) is 1.95. The Morgan fingerprint density at radius 1 is 1.44 bits per heavy atom. The molecule has 1 atom stereocenters. The molecular weight excluding hydrogens is 226 g/mol. The van der Waals surface area contributed by atoms with Gasteiger partial charge in [-0.15, -0.1) is 0 Å². The van der Waals surface area contributed by atoms with Gasteiger partial charge in [-0.1, -0.05) is 11.6 Å². The molecule has 0 aliphatic heterocycles. The smallest absolute Gasteiger partial charge is 0.122 e. The van der Waals surface area contributed by atoms with Gasteiger partial charge in [0.15, 0.2) is 0 Å². The molecule has 16 heavy (non-hydrogen) atoms. The van der Waals surface area contributed by atoms with Crippen LogP contribution in [0.2, 0.25) is 5.02 Å². The van der Waals surface area contributed by atoms with Crippen LogP contribution in [-0.4, -0.2) is 43.9 Å². The lowest BCUT2D eigenvalue weighted by Crippen LogP contribution is -2.27. The molecule has 0 radical (unpaired) electrons. The molecule has 3 nitrogen and oxygen atoms in total. The number of aliphatic hydroxyl groups is 1. The van der Waals surface area contributed by atoms with E-state index >= 15 is 0 Å². The van der Waals surface area contributed by atoms with E-state index in [1.165, 1.54) is 0 Å². The third-order valence-electron chi connectivity index (χ3n) is 2.27. The molecule has 0 heterocycles. The fourth-order valence-electron chi connectivity index (χ4n) is 1.65. The zero-order valence-corrected chi connectivity index (χ0v) is 10.7. The van der Waals surface area contributed by atoms with Crippen LogP contribution in [0.4, 0.5) is 0 Å². The van der Waals surface area contributed by atoms with Crippen LogP contribution in [0, 0.1) is 0 Å². The van der Waals surface area contributed by atoms with Gasteiger partial charge in [0.2, 0.25) is 0 Å². The Labute approximate surface area is 102 Å². The molecule has 0 fully saturated rings. The zero-order valence-electron chi connectivity index (χ0n) is 9.90. The highest BCUT2D eigenvalue weighted by Crippen LogP contribution is 2.23. The Kier molecular flexibility index (Phi) is 5.06. The van der Waals surface area contributed by atoms with Crippen molar-refractivity contribution in [2.24, 2.45) is 0 Å². The minimum atomic E-state index is -0.414. The molecule has 1 aromatic rings. The van der Waals surface area contributed by atoms with Crippen LogP contribution in [0.3, 0.4) is 0 Å². The molecule has 90 valence electrons. The van der Waals surface area contributed by atoms with Gasteiger partial charge in [-0.3, -0.25) is 0 Å². The lowest BCUT2D eigenvalue weighted by molar-refractivity contribution is 0.136. The van der Waals surface area contributed by atoms with Crippen molar-refractivity contribution < 1.29 is 9.84 Å². The van der Waals surface area contributed by atoms with E-state index in [1.54, 1.807) is 13.2 Å². The topological polar surface area (TPSA) is 32.7 Å². The third-order valence-corrected chi connectivity index (χ3v) is 2.51. The van der Waals surface area contributed by atoms with Gasteiger partial charge in [0.25, 0.3) is 0 Å². The van der Waals surface area contributed by atoms with Crippen molar-refractivity contribution in [2.45, 2.75) is 12.5 Å². The second-order valence-corrected chi connectivity index (χ2v) is 4.51. The predicted molar refractivity (Wildman–Crippen MR) is 66.3 cm³/mol. The van der Waals surface area contributed by atoms with Crippen molar-refractivity contribution in [3.8, 4) is 5.75 Å². The van der Waals surface area contributed by atoms with Gasteiger partial charge >= 0.3 is 0 Å². The van der Waals surface area contributed by atoms with Crippen LogP contribution in [-0.2, 0) is 6.42 Å². The number of nitrogens with zero attached hydrogens (tertiary/aromatic N) is 1. The Morgan fingerprint density at radius 2 is 2.12 bits per heavy atom. The highest BCUT2D eigenvalue weighted by Gasteiger charge is 2.11. The number of likely N-dealkylation sites (N-methyl/N-ethyl adjacent to an activating group) is 1. The first-order valence-corrected chi connectivity index (χ1v) is 5.56. The summed E-state index contributed by atoms with van der Waals surface area (Å²) in [6.45, 7) is 0.621. The monoisotopic (exact) mass is 243 g/mol. The first-order chi connectivity index (χ1) is 7.52. The number of methoxy groups -OCH3 is 1. The molecule has 0 aliphatic rings. The molecule has 1 N–H and O–H groups in total. The molecule has 0 aromatic heterocycles. The van der Waals surface area contributed by atoms with Gasteiger partial charge in [-0.25, -0.2) is 0 Å². The molecule has 0 spiro atoms. The lowest BCUT2D eigenvalue weighted by atomic mass is 10.1. The molecule has 1 rings (SSSR count). The standard InChI is InChI=1S/C12H18ClNO2/c1-14(2)8-11(15)7-9-6-10(13)4-5-12(9)16-3/h4-6,11,15H,7-8H2,1-3H3. The molecule has 1 aromatic carbocycles. The quantitative estimate of drug-likeness (QED) is 0.856. The molecule has 0 bridgehead atoms. The van der Waals surface area contributed by atoms with E-state index in [2.05, 4.69) is 0 Å². The van der Waals surface area contributed by atoms with Crippen LogP contribution in [0.25, 0.3) is 0 Å². The number of halogens is 1. The van der Waals surface area contributed by atoms with E-state index in [-0.39, 0.29) is 0 Å². The Morgan fingerprint density at radius 3 is 2.69 bits per heavy atom. The largest absolute Gasteiger partial charge is 0.496 e. The van der Waals surface area contributed by atoms with Crippen LogP contribution in [0.15, 0.2) is 18.2 Å². The maximum absolute atomic E-state index is 9.84. The van der Waals surface area contributed by atoms with E-state index in [0.29, 0.717) is 18.0 Å². The van der Waals surface area contributed by atoms with E-state index in [0.717, 1.165) is 11.3 Å². The summed E-state index contributed by atoms with van der Waals surface area (Å²) < 4.78 is 5.22. The summed E-state index contributed by atoms with van der Waals surface area (Å²) in [5.41, 5.74) is 0.935. The fourth-order valence-corrected chi connectivity index (χ4v) is 1.84. The van der Waals surface area contributed by atoms with Crippen molar-refractivity contribution in [1.29, 1.82) is 0 Å². The van der Waals surface area contributed by atoms with Gasteiger partial charge in [-0.05, 0) is 37.9 Å². The molecule has 0 saturated heterocycles. The minimum absolute atomic E-state index is 0.414. The molecule has 4 heteroatoms. The van der Waals surface area contributed by atoms with Crippen molar-refractivity contribution in [3.05, 3.63) is 28.8 Å². The van der Waals surface area contributed by atoms with Gasteiger partial charge in [0.1, 0.15) is 5.75 Å². The molecule has 1 unspecified atom stereocenters. The van der Waals surface area contributed by atoms with E-state index in [9.17, 15) is 5.11 Å². The van der Waals surface area contributed by atoms with Crippen molar-refractivity contribution >= 4 is 11.6 Å². The van der Waals surface area contributed by atoms with E-state index in [4.69, 9.17) is 16.3 Å². The summed E-state index contributed by atoms with van der Waals surface area (Å²) in [5.74, 6) is 0.766. The third kappa shape index (κ3) is 4.00. The average molecular weight is 244 g/mol.